The number of ether oxygens (including phenoxy) is 1. The summed E-state index contributed by atoms with van der Waals surface area (Å²) in [5, 5.41) is 1.16. The van der Waals surface area contributed by atoms with Gasteiger partial charge in [-0.2, -0.15) is 0 Å². The summed E-state index contributed by atoms with van der Waals surface area (Å²) in [4.78, 5) is 18.0. The number of thiophene rings is 1. The van der Waals surface area contributed by atoms with Crippen LogP contribution >= 0.6 is 11.3 Å². The molecule has 2 aromatic rings. The third-order valence-electron chi connectivity index (χ3n) is 4.78. The molecule has 1 atom stereocenters. The molecule has 23 heavy (non-hydrogen) atoms. The van der Waals surface area contributed by atoms with Crippen LogP contribution < -0.4 is 0 Å². The molecule has 4 nitrogen and oxygen atoms in total. The summed E-state index contributed by atoms with van der Waals surface area (Å²) in [6.07, 6.45) is 2.77. The topological polar surface area (TPSA) is 32.8 Å². The molecule has 2 fully saturated rings. The molecule has 0 radical (unpaired) electrons. The standard InChI is InChI=1S/C18H22N2O2S/c21-18(17-12-14-4-1-2-6-16(14)23-17)20-9-7-19(8-10-20)13-15-5-3-11-22-15/h1-2,4,6,12,15H,3,5,7-11,13H2. The Hall–Kier alpha value is -1.43. The van der Waals surface area contributed by atoms with Crippen LogP contribution in [0.1, 0.15) is 22.5 Å². The SMILES string of the molecule is O=C(c1cc2ccccc2s1)N1CCN(CC2CCCO2)CC1. The first-order chi connectivity index (χ1) is 11.3. The number of piperazine rings is 1. The second kappa shape index (κ2) is 6.59. The van der Waals surface area contributed by atoms with Gasteiger partial charge in [-0.1, -0.05) is 18.2 Å². The lowest BCUT2D eigenvalue weighted by Gasteiger charge is -2.35. The van der Waals surface area contributed by atoms with E-state index in [0.29, 0.717) is 6.10 Å². The van der Waals surface area contributed by atoms with Gasteiger partial charge in [-0.15, -0.1) is 11.3 Å². The van der Waals surface area contributed by atoms with Gasteiger partial charge in [0, 0.05) is 44.0 Å². The van der Waals surface area contributed by atoms with Crippen LogP contribution in [-0.4, -0.2) is 61.1 Å². The summed E-state index contributed by atoms with van der Waals surface area (Å²) >= 11 is 1.60. The van der Waals surface area contributed by atoms with Crippen molar-refractivity contribution in [1.82, 2.24) is 9.80 Å². The number of benzene rings is 1. The predicted molar refractivity (Wildman–Crippen MR) is 93.1 cm³/mol. The smallest absolute Gasteiger partial charge is 0.264 e. The first-order valence-electron chi connectivity index (χ1n) is 8.41. The second-order valence-corrected chi connectivity index (χ2v) is 7.46. The lowest BCUT2D eigenvalue weighted by atomic mass is 10.2. The minimum Gasteiger partial charge on any atom is -0.377 e. The van der Waals surface area contributed by atoms with Gasteiger partial charge in [0.15, 0.2) is 0 Å². The number of rotatable bonds is 3. The predicted octanol–water partition coefficient (Wildman–Crippen LogP) is 2.84. The first-order valence-corrected chi connectivity index (χ1v) is 9.23. The highest BCUT2D eigenvalue weighted by molar-refractivity contribution is 7.20. The summed E-state index contributed by atoms with van der Waals surface area (Å²) in [6, 6.07) is 10.2. The fraction of sp³-hybridized carbons (Fsp3) is 0.500. The lowest BCUT2D eigenvalue weighted by Crippen LogP contribution is -2.50. The maximum Gasteiger partial charge on any atom is 0.264 e. The van der Waals surface area contributed by atoms with Gasteiger partial charge in [0.1, 0.15) is 0 Å². The minimum absolute atomic E-state index is 0.183. The molecular weight excluding hydrogens is 308 g/mol. The fourth-order valence-electron chi connectivity index (χ4n) is 3.45. The van der Waals surface area contributed by atoms with Crippen LogP contribution in [0.5, 0.6) is 0 Å². The molecule has 1 aromatic heterocycles. The van der Waals surface area contributed by atoms with Crippen LogP contribution in [0.4, 0.5) is 0 Å². The molecule has 1 unspecified atom stereocenters. The van der Waals surface area contributed by atoms with Crippen LogP contribution in [0, 0.1) is 0 Å². The highest BCUT2D eigenvalue weighted by Gasteiger charge is 2.26. The Bertz CT molecular complexity index is 652. The van der Waals surface area contributed by atoms with Crippen molar-refractivity contribution in [1.29, 1.82) is 0 Å². The molecule has 3 heterocycles. The number of carbonyl (C=O) groups is 1. The van der Waals surface area contributed by atoms with Crippen molar-refractivity contribution in [2.24, 2.45) is 0 Å². The number of hydrogen-bond acceptors (Lipinski definition) is 4. The molecular formula is C18H22N2O2S. The zero-order valence-electron chi connectivity index (χ0n) is 13.2. The quantitative estimate of drug-likeness (QED) is 0.867. The molecule has 2 aliphatic heterocycles. The molecule has 0 aliphatic carbocycles. The van der Waals surface area contributed by atoms with Gasteiger partial charge in [0.05, 0.1) is 11.0 Å². The maximum absolute atomic E-state index is 12.7. The van der Waals surface area contributed by atoms with E-state index in [9.17, 15) is 4.79 Å². The van der Waals surface area contributed by atoms with E-state index in [0.717, 1.165) is 49.6 Å². The molecule has 2 saturated heterocycles. The molecule has 2 aliphatic rings. The highest BCUT2D eigenvalue weighted by Crippen LogP contribution is 2.26. The number of carbonyl (C=O) groups excluding carboxylic acids is 1. The Morgan fingerprint density at radius 1 is 1.22 bits per heavy atom. The fourth-order valence-corrected chi connectivity index (χ4v) is 4.48. The van der Waals surface area contributed by atoms with Gasteiger partial charge in [0.25, 0.3) is 5.91 Å². The van der Waals surface area contributed by atoms with Gasteiger partial charge in [-0.25, -0.2) is 0 Å². The van der Waals surface area contributed by atoms with Crippen LogP contribution in [0.15, 0.2) is 30.3 Å². The van der Waals surface area contributed by atoms with Gasteiger partial charge < -0.3 is 9.64 Å². The third-order valence-corrected chi connectivity index (χ3v) is 5.89. The zero-order valence-corrected chi connectivity index (χ0v) is 14.1. The van der Waals surface area contributed by atoms with E-state index in [1.807, 2.05) is 23.1 Å². The molecule has 122 valence electrons. The van der Waals surface area contributed by atoms with Crippen molar-refractivity contribution in [2.75, 3.05) is 39.3 Å². The minimum atomic E-state index is 0.183. The van der Waals surface area contributed by atoms with E-state index in [1.54, 1.807) is 11.3 Å². The molecule has 1 aromatic carbocycles. The van der Waals surface area contributed by atoms with E-state index in [2.05, 4.69) is 17.0 Å². The van der Waals surface area contributed by atoms with Crippen molar-refractivity contribution in [3.63, 3.8) is 0 Å². The Morgan fingerprint density at radius 2 is 2.04 bits per heavy atom. The Morgan fingerprint density at radius 3 is 2.78 bits per heavy atom. The zero-order chi connectivity index (χ0) is 15.6. The van der Waals surface area contributed by atoms with Gasteiger partial charge >= 0.3 is 0 Å². The van der Waals surface area contributed by atoms with E-state index >= 15 is 0 Å². The Balaban J connectivity index is 1.36. The van der Waals surface area contributed by atoms with E-state index in [1.165, 1.54) is 17.5 Å². The van der Waals surface area contributed by atoms with Gasteiger partial charge in [-0.05, 0) is 30.4 Å². The van der Waals surface area contributed by atoms with Crippen LogP contribution in [-0.2, 0) is 4.74 Å². The second-order valence-electron chi connectivity index (χ2n) is 6.38. The van der Waals surface area contributed by atoms with Crippen molar-refractivity contribution < 1.29 is 9.53 Å². The highest BCUT2D eigenvalue weighted by atomic mass is 32.1. The number of hydrogen-bond donors (Lipinski definition) is 0. The average molecular weight is 330 g/mol. The molecule has 0 bridgehead atoms. The largest absolute Gasteiger partial charge is 0.377 e. The van der Waals surface area contributed by atoms with Crippen molar-refractivity contribution >= 4 is 27.3 Å². The van der Waals surface area contributed by atoms with E-state index in [4.69, 9.17) is 4.74 Å². The first kappa shape index (κ1) is 15.1. The van der Waals surface area contributed by atoms with E-state index in [-0.39, 0.29) is 5.91 Å². The molecule has 4 rings (SSSR count). The Labute approximate surface area is 140 Å². The molecule has 0 N–H and O–H groups in total. The lowest BCUT2D eigenvalue weighted by molar-refractivity contribution is 0.0435. The Kier molecular flexibility index (Phi) is 4.33. The molecule has 1 amide bonds. The summed E-state index contributed by atoms with van der Waals surface area (Å²) in [5.41, 5.74) is 0. The monoisotopic (exact) mass is 330 g/mol. The van der Waals surface area contributed by atoms with Gasteiger partial charge in [0.2, 0.25) is 0 Å². The average Bonchev–Trinajstić information content (AvgIpc) is 3.24. The molecule has 0 saturated carbocycles. The van der Waals surface area contributed by atoms with Crippen LogP contribution in [0.25, 0.3) is 10.1 Å². The van der Waals surface area contributed by atoms with Crippen LogP contribution in [0.2, 0.25) is 0 Å². The summed E-state index contributed by atoms with van der Waals surface area (Å²) in [7, 11) is 0. The maximum atomic E-state index is 12.7. The van der Waals surface area contributed by atoms with Crippen molar-refractivity contribution in [3.05, 3.63) is 35.2 Å². The van der Waals surface area contributed by atoms with Gasteiger partial charge in [-0.3, -0.25) is 9.69 Å². The van der Waals surface area contributed by atoms with Crippen molar-refractivity contribution in [2.45, 2.75) is 18.9 Å². The summed E-state index contributed by atoms with van der Waals surface area (Å²) in [5.74, 6) is 0.183. The molecule has 5 heteroatoms. The normalized spacial score (nSPS) is 22.8. The third kappa shape index (κ3) is 3.27. The van der Waals surface area contributed by atoms with E-state index < -0.39 is 0 Å². The summed E-state index contributed by atoms with van der Waals surface area (Å²) < 4.78 is 6.90. The van der Waals surface area contributed by atoms with Crippen molar-refractivity contribution in [3.8, 4) is 0 Å². The number of nitrogens with zero attached hydrogens (tertiary/aromatic N) is 2. The molecule has 0 spiro atoms. The van der Waals surface area contributed by atoms with Crippen LogP contribution in [0.3, 0.4) is 0 Å². The number of fused-ring (bicyclic) bond motifs is 1. The number of amides is 1. The summed E-state index contributed by atoms with van der Waals surface area (Å²) in [6.45, 7) is 5.48.